The topological polar surface area (TPSA) is 55.6 Å². The number of aromatic nitrogens is 4. The Balaban J connectivity index is 2.20. The van der Waals surface area contributed by atoms with Crippen LogP contribution in [0.2, 0.25) is 0 Å². The summed E-state index contributed by atoms with van der Waals surface area (Å²) in [7, 11) is 3.82. The minimum absolute atomic E-state index is 0.0265. The van der Waals surface area contributed by atoms with Crippen molar-refractivity contribution in [2.24, 2.45) is 7.05 Å². The molecule has 0 aliphatic rings. The molecule has 0 saturated carbocycles. The molecule has 5 nitrogen and oxygen atoms in total. The predicted octanol–water partition coefficient (Wildman–Crippen LogP) is 1.67. The van der Waals surface area contributed by atoms with E-state index in [2.05, 4.69) is 38.8 Å². The maximum Gasteiger partial charge on any atom is 0.0799 e. The van der Waals surface area contributed by atoms with E-state index in [4.69, 9.17) is 0 Å². The van der Waals surface area contributed by atoms with Gasteiger partial charge >= 0.3 is 0 Å². The molecule has 0 amide bonds. The van der Waals surface area contributed by atoms with Gasteiger partial charge in [-0.2, -0.15) is 0 Å². The molecule has 5 heteroatoms. The number of rotatable bonds is 3. The summed E-state index contributed by atoms with van der Waals surface area (Å²) < 4.78 is 1.78. The highest BCUT2D eigenvalue weighted by Gasteiger charge is 2.18. The van der Waals surface area contributed by atoms with Crippen molar-refractivity contribution in [1.29, 1.82) is 0 Å². The van der Waals surface area contributed by atoms with Gasteiger partial charge in [0.2, 0.25) is 0 Å². The molecule has 3 rings (SSSR count). The molecule has 2 heterocycles. The van der Waals surface area contributed by atoms with Gasteiger partial charge in [-0.05, 0) is 13.1 Å². The normalized spacial score (nSPS) is 12.7. The SMILES string of the molecule is CNC(c1cccc2cccnc12)c1cnnn1C. The van der Waals surface area contributed by atoms with E-state index in [9.17, 15) is 0 Å². The quantitative estimate of drug-likeness (QED) is 0.771. The molecule has 1 aromatic carbocycles. The van der Waals surface area contributed by atoms with Crippen molar-refractivity contribution >= 4 is 10.9 Å². The third-order valence-corrected chi connectivity index (χ3v) is 3.31. The van der Waals surface area contributed by atoms with Gasteiger partial charge in [0.25, 0.3) is 0 Å². The highest BCUT2D eigenvalue weighted by molar-refractivity contribution is 5.82. The number of fused-ring (bicyclic) bond motifs is 1. The molecule has 1 unspecified atom stereocenters. The van der Waals surface area contributed by atoms with Crippen LogP contribution in [-0.4, -0.2) is 27.0 Å². The van der Waals surface area contributed by atoms with Crippen LogP contribution in [0, 0.1) is 0 Å². The van der Waals surface area contributed by atoms with Crippen LogP contribution in [0.25, 0.3) is 10.9 Å². The summed E-state index contributed by atoms with van der Waals surface area (Å²) in [6, 6.07) is 10.3. The van der Waals surface area contributed by atoms with Gasteiger partial charge in [-0.3, -0.25) is 9.67 Å². The van der Waals surface area contributed by atoms with E-state index < -0.39 is 0 Å². The smallest absolute Gasteiger partial charge is 0.0799 e. The fourth-order valence-corrected chi connectivity index (χ4v) is 2.38. The molecule has 3 aromatic rings. The molecule has 96 valence electrons. The van der Waals surface area contributed by atoms with Crippen molar-refractivity contribution in [3.63, 3.8) is 0 Å². The Morgan fingerprint density at radius 2 is 2.05 bits per heavy atom. The lowest BCUT2D eigenvalue weighted by Crippen LogP contribution is -2.21. The van der Waals surface area contributed by atoms with Crippen LogP contribution in [0.1, 0.15) is 17.3 Å². The van der Waals surface area contributed by atoms with Gasteiger partial charge in [0.05, 0.1) is 23.4 Å². The van der Waals surface area contributed by atoms with Crippen LogP contribution < -0.4 is 5.32 Å². The van der Waals surface area contributed by atoms with Gasteiger partial charge in [0.1, 0.15) is 0 Å². The van der Waals surface area contributed by atoms with E-state index in [-0.39, 0.29) is 6.04 Å². The Kier molecular flexibility index (Phi) is 2.97. The van der Waals surface area contributed by atoms with Crippen LogP contribution >= 0.6 is 0 Å². The zero-order valence-electron chi connectivity index (χ0n) is 10.9. The number of para-hydroxylation sites is 1. The van der Waals surface area contributed by atoms with Crippen molar-refractivity contribution in [1.82, 2.24) is 25.3 Å². The van der Waals surface area contributed by atoms with Gasteiger partial charge in [0.15, 0.2) is 0 Å². The fraction of sp³-hybridized carbons (Fsp3) is 0.214. The molecule has 19 heavy (non-hydrogen) atoms. The first kappa shape index (κ1) is 11.8. The van der Waals surface area contributed by atoms with Crippen LogP contribution in [0.3, 0.4) is 0 Å². The maximum atomic E-state index is 4.50. The Morgan fingerprint density at radius 3 is 2.79 bits per heavy atom. The molecule has 0 saturated heterocycles. The van der Waals surface area contributed by atoms with Crippen molar-refractivity contribution < 1.29 is 0 Å². The molecule has 0 fully saturated rings. The monoisotopic (exact) mass is 253 g/mol. The summed E-state index contributed by atoms with van der Waals surface area (Å²) in [4.78, 5) is 4.50. The van der Waals surface area contributed by atoms with Gasteiger partial charge in [-0.15, -0.1) is 5.10 Å². The first-order valence-electron chi connectivity index (χ1n) is 6.16. The summed E-state index contributed by atoms with van der Waals surface area (Å²) in [5, 5.41) is 12.4. The zero-order valence-corrected chi connectivity index (χ0v) is 10.9. The fourth-order valence-electron chi connectivity index (χ4n) is 2.38. The summed E-state index contributed by atoms with van der Waals surface area (Å²) >= 11 is 0. The molecule has 0 radical (unpaired) electrons. The third-order valence-electron chi connectivity index (χ3n) is 3.31. The second kappa shape index (κ2) is 4.78. The lowest BCUT2D eigenvalue weighted by molar-refractivity contribution is 0.600. The third kappa shape index (κ3) is 1.98. The Morgan fingerprint density at radius 1 is 1.21 bits per heavy atom. The van der Waals surface area contributed by atoms with E-state index in [1.54, 1.807) is 10.9 Å². The van der Waals surface area contributed by atoms with E-state index >= 15 is 0 Å². The average molecular weight is 253 g/mol. The van der Waals surface area contributed by atoms with Crippen LogP contribution in [0.5, 0.6) is 0 Å². The lowest BCUT2D eigenvalue weighted by atomic mass is 10.0. The standard InChI is InChI=1S/C14H15N5/c1-15-14(12-9-17-18-19(12)2)11-7-3-5-10-6-4-8-16-13(10)11/h3-9,14-15H,1-2H3. The highest BCUT2D eigenvalue weighted by Crippen LogP contribution is 2.26. The molecule has 0 bridgehead atoms. The Labute approximate surface area is 111 Å². The number of aryl methyl sites for hydroxylation is 1. The van der Waals surface area contributed by atoms with E-state index in [0.717, 1.165) is 22.2 Å². The number of benzene rings is 1. The Bertz CT molecular complexity index is 698. The van der Waals surface area contributed by atoms with E-state index in [1.807, 2.05) is 32.4 Å². The lowest BCUT2D eigenvalue weighted by Gasteiger charge is -2.17. The molecular formula is C14H15N5. The molecule has 1 atom stereocenters. The van der Waals surface area contributed by atoms with Crippen LogP contribution in [-0.2, 0) is 7.05 Å². The number of pyridine rings is 1. The largest absolute Gasteiger partial charge is 0.308 e. The minimum Gasteiger partial charge on any atom is -0.308 e. The maximum absolute atomic E-state index is 4.50. The predicted molar refractivity (Wildman–Crippen MR) is 73.6 cm³/mol. The first-order chi connectivity index (χ1) is 9.31. The van der Waals surface area contributed by atoms with Gasteiger partial charge in [0, 0.05) is 24.2 Å². The van der Waals surface area contributed by atoms with Crippen molar-refractivity contribution in [2.75, 3.05) is 7.05 Å². The van der Waals surface area contributed by atoms with Crippen LogP contribution in [0.15, 0.2) is 42.7 Å². The Hall–Kier alpha value is -2.27. The van der Waals surface area contributed by atoms with Gasteiger partial charge in [-0.1, -0.05) is 29.5 Å². The van der Waals surface area contributed by atoms with E-state index in [1.165, 1.54) is 0 Å². The van der Waals surface area contributed by atoms with Crippen LogP contribution in [0.4, 0.5) is 0 Å². The zero-order chi connectivity index (χ0) is 13.2. The number of hydrogen-bond acceptors (Lipinski definition) is 4. The second-order valence-corrected chi connectivity index (χ2v) is 4.43. The number of hydrogen-bond donors (Lipinski definition) is 1. The van der Waals surface area contributed by atoms with Crippen molar-refractivity contribution in [3.05, 3.63) is 54.0 Å². The second-order valence-electron chi connectivity index (χ2n) is 4.43. The molecular weight excluding hydrogens is 238 g/mol. The molecule has 0 spiro atoms. The summed E-state index contributed by atoms with van der Waals surface area (Å²) in [6.07, 6.45) is 3.60. The highest BCUT2D eigenvalue weighted by atomic mass is 15.4. The number of nitrogens with one attached hydrogen (secondary N) is 1. The van der Waals surface area contributed by atoms with Gasteiger partial charge < -0.3 is 5.32 Å². The average Bonchev–Trinajstić information content (AvgIpc) is 2.86. The van der Waals surface area contributed by atoms with Crippen molar-refractivity contribution in [2.45, 2.75) is 6.04 Å². The van der Waals surface area contributed by atoms with Crippen molar-refractivity contribution in [3.8, 4) is 0 Å². The summed E-state index contributed by atoms with van der Waals surface area (Å²) in [5.74, 6) is 0. The molecule has 0 aliphatic heterocycles. The number of nitrogens with zero attached hydrogens (tertiary/aromatic N) is 4. The molecule has 0 aliphatic carbocycles. The minimum atomic E-state index is 0.0265. The first-order valence-corrected chi connectivity index (χ1v) is 6.16. The van der Waals surface area contributed by atoms with Gasteiger partial charge in [-0.25, -0.2) is 0 Å². The molecule has 1 N–H and O–H groups in total. The van der Waals surface area contributed by atoms with E-state index in [0.29, 0.717) is 0 Å². The summed E-state index contributed by atoms with van der Waals surface area (Å²) in [6.45, 7) is 0. The summed E-state index contributed by atoms with van der Waals surface area (Å²) in [5.41, 5.74) is 3.15. The molecule has 2 aromatic heterocycles.